The molecule has 0 spiro atoms. The highest BCUT2D eigenvalue weighted by atomic mass is 32.2. The topological polar surface area (TPSA) is 89.8 Å². The molecule has 0 saturated carbocycles. The Morgan fingerprint density at radius 2 is 1.71 bits per heavy atom. The van der Waals surface area contributed by atoms with Crippen LogP contribution in [0.25, 0.3) is 11.1 Å². The van der Waals surface area contributed by atoms with Crippen LogP contribution in [0.4, 0.5) is 5.95 Å². The average molecular weight is 496 g/mol. The molecule has 0 saturated heterocycles. The van der Waals surface area contributed by atoms with Crippen molar-refractivity contribution in [1.82, 2.24) is 19.5 Å². The molecule has 0 aliphatic carbocycles. The molecule has 0 atom stereocenters. The Bertz CT molecular complexity index is 1340. The van der Waals surface area contributed by atoms with Gasteiger partial charge in [0.2, 0.25) is 5.95 Å². The van der Waals surface area contributed by atoms with Gasteiger partial charge in [-0.15, -0.1) is 11.3 Å². The molecule has 3 heterocycles. The molecular formula is C25H29N5O2S2. The van der Waals surface area contributed by atoms with Gasteiger partial charge in [0.25, 0.3) is 10.0 Å². The van der Waals surface area contributed by atoms with E-state index >= 15 is 0 Å². The summed E-state index contributed by atoms with van der Waals surface area (Å²) in [4.78, 5) is 13.5. The molecule has 1 aromatic carbocycles. The third-order valence-corrected chi connectivity index (χ3v) is 8.30. The quantitative estimate of drug-likeness (QED) is 0.328. The third kappa shape index (κ3) is 5.53. The number of benzene rings is 1. The van der Waals surface area contributed by atoms with Crippen LogP contribution in [0.2, 0.25) is 0 Å². The number of anilines is 1. The van der Waals surface area contributed by atoms with E-state index in [0.29, 0.717) is 23.9 Å². The predicted molar refractivity (Wildman–Crippen MR) is 137 cm³/mol. The highest BCUT2D eigenvalue weighted by Crippen LogP contribution is 2.37. The lowest BCUT2D eigenvalue weighted by Gasteiger charge is -2.11. The minimum absolute atomic E-state index is 0.0592. The standard InChI is InChI=1S/C25H29N5O2S2/c1-17(2)14-21-15-22(24(33-21)34(31,32)29-25-27-10-5-11-28-25)20-8-6-19(7-9-20)16-30-13-12-26-23(30)18(3)4/h5-13,15,17-18H,14,16H2,1-4H3,(H,27,28,29). The molecule has 0 radical (unpaired) electrons. The lowest BCUT2D eigenvalue weighted by molar-refractivity contribution is 0.603. The second-order valence-electron chi connectivity index (χ2n) is 8.95. The molecule has 0 aliphatic rings. The van der Waals surface area contributed by atoms with E-state index in [0.717, 1.165) is 28.2 Å². The molecule has 4 rings (SSSR count). The van der Waals surface area contributed by atoms with Crippen molar-refractivity contribution in [3.8, 4) is 11.1 Å². The van der Waals surface area contributed by atoms with E-state index in [2.05, 4.69) is 51.9 Å². The second-order valence-corrected chi connectivity index (χ2v) is 12.0. The van der Waals surface area contributed by atoms with Crippen LogP contribution in [0, 0.1) is 5.92 Å². The number of aromatic nitrogens is 4. The maximum atomic E-state index is 13.3. The molecule has 7 nitrogen and oxygen atoms in total. The van der Waals surface area contributed by atoms with Crippen molar-refractivity contribution in [2.24, 2.45) is 5.92 Å². The van der Waals surface area contributed by atoms with Crippen LogP contribution in [-0.4, -0.2) is 27.9 Å². The summed E-state index contributed by atoms with van der Waals surface area (Å²) in [6, 6.07) is 11.7. The highest BCUT2D eigenvalue weighted by Gasteiger charge is 2.25. The van der Waals surface area contributed by atoms with Crippen LogP contribution in [0.3, 0.4) is 0 Å². The van der Waals surface area contributed by atoms with Gasteiger partial charge in [-0.25, -0.2) is 28.1 Å². The van der Waals surface area contributed by atoms with Crippen molar-refractivity contribution in [2.75, 3.05) is 4.72 Å². The smallest absolute Gasteiger partial charge is 0.274 e. The number of thiophene rings is 1. The monoisotopic (exact) mass is 495 g/mol. The molecule has 0 unspecified atom stereocenters. The van der Waals surface area contributed by atoms with Crippen LogP contribution < -0.4 is 4.72 Å². The fraction of sp³-hybridized carbons (Fsp3) is 0.320. The number of rotatable bonds is 9. The minimum Gasteiger partial charge on any atom is -0.330 e. The van der Waals surface area contributed by atoms with Gasteiger partial charge in [-0.05, 0) is 35.6 Å². The van der Waals surface area contributed by atoms with Crippen molar-refractivity contribution >= 4 is 27.3 Å². The van der Waals surface area contributed by atoms with E-state index in [9.17, 15) is 8.42 Å². The fourth-order valence-corrected chi connectivity index (χ4v) is 6.70. The number of imidazole rings is 1. The molecule has 0 fully saturated rings. The van der Waals surface area contributed by atoms with Crippen molar-refractivity contribution in [3.63, 3.8) is 0 Å². The van der Waals surface area contributed by atoms with Crippen LogP contribution in [0.1, 0.15) is 49.9 Å². The summed E-state index contributed by atoms with van der Waals surface area (Å²) in [5.41, 5.74) is 2.68. The molecule has 0 aliphatic heterocycles. The van der Waals surface area contributed by atoms with Crippen LogP contribution in [0.5, 0.6) is 0 Å². The molecule has 0 amide bonds. The van der Waals surface area contributed by atoms with Gasteiger partial charge in [0, 0.05) is 47.7 Å². The molecule has 4 aromatic rings. The van der Waals surface area contributed by atoms with E-state index in [-0.39, 0.29) is 10.2 Å². The lowest BCUT2D eigenvalue weighted by Crippen LogP contribution is -2.14. The van der Waals surface area contributed by atoms with Crippen molar-refractivity contribution in [2.45, 2.75) is 50.8 Å². The summed E-state index contributed by atoms with van der Waals surface area (Å²) in [6.07, 6.45) is 7.64. The third-order valence-electron chi connectivity index (χ3n) is 5.28. The molecule has 0 bridgehead atoms. The number of sulfonamides is 1. The van der Waals surface area contributed by atoms with E-state index in [4.69, 9.17) is 0 Å². The van der Waals surface area contributed by atoms with Crippen molar-refractivity contribution < 1.29 is 8.42 Å². The Labute approximate surface area is 205 Å². The van der Waals surface area contributed by atoms with Crippen LogP contribution in [0.15, 0.2) is 65.4 Å². The van der Waals surface area contributed by atoms with Crippen LogP contribution >= 0.6 is 11.3 Å². The normalized spacial score (nSPS) is 11.9. The number of nitrogens with zero attached hydrogens (tertiary/aromatic N) is 4. The average Bonchev–Trinajstić information content (AvgIpc) is 3.42. The van der Waals surface area contributed by atoms with Gasteiger partial charge < -0.3 is 4.57 Å². The molecule has 9 heteroatoms. The zero-order chi connectivity index (χ0) is 24.3. The maximum Gasteiger partial charge on any atom is 0.274 e. The van der Waals surface area contributed by atoms with Crippen molar-refractivity contribution in [1.29, 1.82) is 0 Å². The Hall–Kier alpha value is -3.04. The largest absolute Gasteiger partial charge is 0.330 e. The van der Waals surface area contributed by atoms with Gasteiger partial charge in [0.15, 0.2) is 0 Å². The van der Waals surface area contributed by atoms with Gasteiger partial charge in [0.1, 0.15) is 10.0 Å². The fourth-order valence-electron chi connectivity index (χ4n) is 3.79. The van der Waals surface area contributed by atoms with E-state index in [1.54, 1.807) is 6.07 Å². The first-order valence-corrected chi connectivity index (χ1v) is 13.6. The van der Waals surface area contributed by atoms with E-state index in [1.165, 1.54) is 23.7 Å². The van der Waals surface area contributed by atoms with E-state index in [1.807, 2.05) is 42.7 Å². The lowest BCUT2D eigenvalue weighted by atomic mass is 10.0. The summed E-state index contributed by atoms with van der Waals surface area (Å²) in [5, 5.41) is 0. The highest BCUT2D eigenvalue weighted by molar-refractivity contribution is 7.94. The Morgan fingerprint density at radius 1 is 1.00 bits per heavy atom. The minimum atomic E-state index is -3.84. The first-order valence-electron chi connectivity index (χ1n) is 11.3. The van der Waals surface area contributed by atoms with Gasteiger partial charge in [-0.3, -0.25) is 0 Å². The maximum absolute atomic E-state index is 13.3. The Kier molecular flexibility index (Phi) is 7.13. The molecular weight excluding hydrogens is 466 g/mol. The molecule has 178 valence electrons. The first kappa shape index (κ1) is 24.1. The molecule has 1 N–H and O–H groups in total. The number of nitrogens with one attached hydrogen (secondary N) is 1. The summed E-state index contributed by atoms with van der Waals surface area (Å²) in [6.45, 7) is 9.22. The van der Waals surface area contributed by atoms with Gasteiger partial charge in [-0.1, -0.05) is 52.0 Å². The Morgan fingerprint density at radius 3 is 2.35 bits per heavy atom. The summed E-state index contributed by atoms with van der Waals surface area (Å²) >= 11 is 1.30. The summed E-state index contributed by atoms with van der Waals surface area (Å²) in [7, 11) is -3.84. The second kappa shape index (κ2) is 10.1. The zero-order valence-electron chi connectivity index (χ0n) is 19.8. The molecule has 3 aromatic heterocycles. The van der Waals surface area contributed by atoms with Gasteiger partial charge in [-0.2, -0.15) is 0 Å². The predicted octanol–water partition coefficient (Wildman–Crippen LogP) is 5.57. The van der Waals surface area contributed by atoms with Gasteiger partial charge >= 0.3 is 0 Å². The number of hydrogen-bond donors (Lipinski definition) is 1. The SMILES string of the molecule is CC(C)Cc1cc(-c2ccc(Cn3ccnc3C(C)C)cc2)c(S(=O)(=O)Nc2ncccn2)s1. The van der Waals surface area contributed by atoms with Crippen LogP contribution in [-0.2, 0) is 23.0 Å². The summed E-state index contributed by atoms with van der Waals surface area (Å²) < 4.78 is 31.5. The number of hydrogen-bond acceptors (Lipinski definition) is 6. The van der Waals surface area contributed by atoms with Crippen molar-refractivity contribution in [3.05, 3.63) is 77.5 Å². The summed E-state index contributed by atoms with van der Waals surface area (Å²) in [5.74, 6) is 1.86. The Balaban J connectivity index is 1.66. The molecule has 34 heavy (non-hydrogen) atoms. The first-order chi connectivity index (χ1) is 16.2. The zero-order valence-corrected chi connectivity index (χ0v) is 21.4. The van der Waals surface area contributed by atoms with Gasteiger partial charge in [0.05, 0.1) is 0 Å². The van der Waals surface area contributed by atoms with E-state index < -0.39 is 10.0 Å².